The lowest BCUT2D eigenvalue weighted by Gasteiger charge is -2.24. The first-order valence-electron chi connectivity index (χ1n) is 6.50. The number of carboxylic acid groups (broad SMARTS) is 1. The minimum Gasteiger partial charge on any atom is -0.481 e. The maximum atomic E-state index is 12.0. The molecular formula is C13H24N2O3. The Bertz CT molecular complexity index is 336. The molecule has 0 saturated carbocycles. The van der Waals surface area contributed by atoms with Gasteiger partial charge < -0.3 is 15.7 Å². The summed E-state index contributed by atoms with van der Waals surface area (Å²) in [6, 6.07) is 0. The van der Waals surface area contributed by atoms with Gasteiger partial charge in [-0.2, -0.15) is 0 Å². The lowest BCUT2D eigenvalue weighted by atomic mass is 9.84. The molecule has 5 heteroatoms. The lowest BCUT2D eigenvalue weighted by Crippen LogP contribution is -2.38. The zero-order valence-electron chi connectivity index (χ0n) is 11.5. The van der Waals surface area contributed by atoms with Crippen molar-refractivity contribution in [3.8, 4) is 0 Å². The van der Waals surface area contributed by atoms with Crippen LogP contribution in [0.3, 0.4) is 0 Å². The Balaban J connectivity index is 2.56. The van der Waals surface area contributed by atoms with Crippen LogP contribution in [0.2, 0.25) is 0 Å². The van der Waals surface area contributed by atoms with Gasteiger partial charge in [0.1, 0.15) is 0 Å². The van der Waals surface area contributed by atoms with Gasteiger partial charge >= 0.3 is 5.97 Å². The minimum absolute atomic E-state index is 0.0186. The maximum Gasteiger partial charge on any atom is 0.311 e. The van der Waals surface area contributed by atoms with Crippen LogP contribution < -0.4 is 5.73 Å². The van der Waals surface area contributed by atoms with Crippen LogP contribution in [0.25, 0.3) is 0 Å². The Morgan fingerprint density at radius 2 is 2.06 bits per heavy atom. The average Bonchev–Trinajstić information content (AvgIpc) is 2.70. The number of aliphatic carboxylic acids is 1. The van der Waals surface area contributed by atoms with E-state index in [0.717, 1.165) is 0 Å². The van der Waals surface area contributed by atoms with Gasteiger partial charge in [-0.25, -0.2) is 0 Å². The van der Waals surface area contributed by atoms with E-state index in [2.05, 4.69) is 0 Å². The summed E-state index contributed by atoms with van der Waals surface area (Å²) in [6.07, 6.45) is 2.13. The van der Waals surface area contributed by atoms with Crippen molar-refractivity contribution in [2.45, 2.75) is 52.0 Å². The maximum absolute atomic E-state index is 12.0. The van der Waals surface area contributed by atoms with Crippen molar-refractivity contribution in [3.05, 3.63) is 0 Å². The summed E-state index contributed by atoms with van der Waals surface area (Å²) in [7, 11) is 0. The normalized spacial score (nSPS) is 24.3. The summed E-state index contributed by atoms with van der Waals surface area (Å²) in [5.41, 5.74) is 4.75. The van der Waals surface area contributed by atoms with E-state index < -0.39 is 11.4 Å². The third-order valence-corrected chi connectivity index (χ3v) is 3.82. The molecule has 0 aromatic heterocycles. The standard InChI is InChI=1S/C13H24N2O3/c1-4-13(11(17)18)7-8-15(9-13)10(16)5-6-12(2,3)14/h4-9,14H2,1-3H3,(H,17,18). The number of nitrogens with two attached hydrogens (primary N) is 1. The second-order valence-corrected chi connectivity index (χ2v) is 5.99. The molecule has 0 aromatic carbocycles. The molecule has 1 aliphatic rings. The van der Waals surface area contributed by atoms with Gasteiger partial charge in [-0.3, -0.25) is 9.59 Å². The fraction of sp³-hybridized carbons (Fsp3) is 0.846. The molecule has 0 spiro atoms. The largest absolute Gasteiger partial charge is 0.481 e. The molecule has 1 atom stereocenters. The monoisotopic (exact) mass is 256 g/mol. The lowest BCUT2D eigenvalue weighted by molar-refractivity contribution is -0.148. The Kier molecular flexibility index (Phi) is 4.37. The number of nitrogens with zero attached hydrogens (tertiary/aromatic N) is 1. The zero-order valence-corrected chi connectivity index (χ0v) is 11.5. The highest BCUT2D eigenvalue weighted by Gasteiger charge is 2.44. The molecule has 18 heavy (non-hydrogen) atoms. The summed E-state index contributed by atoms with van der Waals surface area (Å²) >= 11 is 0. The van der Waals surface area contributed by atoms with Crippen LogP contribution in [0.4, 0.5) is 0 Å². The molecule has 1 heterocycles. The zero-order chi connectivity index (χ0) is 14.0. The third kappa shape index (κ3) is 3.45. The van der Waals surface area contributed by atoms with Crippen LogP contribution in [0.5, 0.6) is 0 Å². The minimum atomic E-state index is -0.792. The number of hydrogen-bond donors (Lipinski definition) is 2. The van der Waals surface area contributed by atoms with E-state index in [-0.39, 0.29) is 11.4 Å². The van der Waals surface area contributed by atoms with E-state index in [9.17, 15) is 14.7 Å². The molecule has 0 bridgehead atoms. The molecule has 1 fully saturated rings. The van der Waals surface area contributed by atoms with Crippen LogP contribution in [0.15, 0.2) is 0 Å². The molecule has 104 valence electrons. The van der Waals surface area contributed by atoms with E-state index in [1.165, 1.54) is 0 Å². The molecule has 0 radical (unpaired) electrons. The first-order chi connectivity index (χ1) is 8.20. The Morgan fingerprint density at radius 1 is 1.44 bits per heavy atom. The third-order valence-electron chi connectivity index (χ3n) is 3.82. The molecule has 1 amide bonds. The Hall–Kier alpha value is -1.10. The predicted molar refractivity (Wildman–Crippen MR) is 69.1 cm³/mol. The predicted octanol–water partition coefficient (Wildman–Crippen LogP) is 1.22. The highest BCUT2D eigenvalue weighted by Crippen LogP contribution is 2.34. The molecule has 0 aliphatic carbocycles. The fourth-order valence-corrected chi connectivity index (χ4v) is 2.29. The van der Waals surface area contributed by atoms with Crippen molar-refractivity contribution < 1.29 is 14.7 Å². The second kappa shape index (κ2) is 5.26. The number of amides is 1. The SMILES string of the molecule is CCC1(C(=O)O)CCN(C(=O)CCC(C)(C)N)C1. The number of hydrogen-bond acceptors (Lipinski definition) is 3. The Morgan fingerprint density at radius 3 is 2.44 bits per heavy atom. The molecule has 5 nitrogen and oxygen atoms in total. The van der Waals surface area contributed by atoms with Gasteiger partial charge in [0.25, 0.3) is 0 Å². The van der Waals surface area contributed by atoms with Gasteiger partial charge in [0.15, 0.2) is 0 Å². The van der Waals surface area contributed by atoms with Gasteiger partial charge in [-0.05, 0) is 33.1 Å². The van der Waals surface area contributed by atoms with Crippen molar-refractivity contribution in [1.29, 1.82) is 0 Å². The van der Waals surface area contributed by atoms with Crippen molar-refractivity contribution in [2.24, 2.45) is 11.1 Å². The first kappa shape index (κ1) is 15.0. The summed E-state index contributed by atoms with van der Waals surface area (Å²) in [5, 5.41) is 9.26. The van der Waals surface area contributed by atoms with E-state index in [0.29, 0.717) is 38.8 Å². The van der Waals surface area contributed by atoms with E-state index in [1.54, 1.807) is 4.90 Å². The molecule has 0 aromatic rings. The van der Waals surface area contributed by atoms with Crippen molar-refractivity contribution >= 4 is 11.9 Å². The van der Waals surface area contributed by atoms with Crippen LogP contribution in [-0.4, -0.2) is 40.5 Å². The van der Waals surface area contributed by atoms with Gasteiger partial charge in [-0.15, -0.1) is 0 Å². The number of rotatable bonds is 5. The Labute approximate surface area is 108 Å². The van der Waals surface area contributed by atoms with E-state index in [4.69, 9.17) is 5.73 Å². The number of carbonyl (C=O) groups excluding carboxylic acids is 1. The number of likely N-dealkylation sites (tertiary alicyclic amines) is 1. The molecule has 1 rings (SSSR count). The summed E-state index contributed by atoms with van der Waals surface area (Å²) < 4.78 is 0. The van der Waals surface area contributed by atoms with Crippen molar-refractivity contribution in [2.75, 3.05) is 13.1 Å². The fourth-order valence-electron chi connectivity index (χ4n) is 2.29. The van der Waals surface area contributed by atoms with Crippen LogP contribution >= 0.6 is 0 Å². The van der Waals surface area contributed by atoms with Gasteiger partial charge in [0.2, 0.25) is 5.91 Å². The van der Waals surface area contributed by atoms with Gasteiger partial charge in [-0.1, -0.05) is 6.92 Å². The van der Waals surface area contributed by atoms with Crippen LogP contribution in [-0.2, 0) is 9.59 Å². The quantitative estimate of drug-likeness (QED) is 0.774. The molecular weight excluding hydrogens is 232 g/mol. The van der Waals surface area contributed by atoms with Crippen molar-refractivity contribution in [3.63, 3.8) is 0 Å². The van der Waals surface area contributed by atoms with Gasteiger partial charge in [0, 0.05) is 25.0 Å². The van der Waals surface area contributed by atoms with E-state index >= 15 is 0 Å². The molecule has 1 unspecified atom stereocenters. The summed E-state index contributed by atoms with van der Waals surface area (Å²) in [4.78, 5) is 24.9. The summed E-state index contributed by atoms with van der Waals surface area (Å²) in [6.45, 7) is 6.52. The number of carboxylic acids is 1. The smallest absolute Gasteiger partial charge is 0.311 e. The molecule has 1 aliphatic heterocycles. The summed E-state index contributed by atoms with van der Waals surface area (Å²) in [5.74, 6) is -0.774. The molecule has 1 saturated heterocycles. The van der Waals surface area contributed by atoms with Crippen LogP contribution in [0.1, 0.15) is 46.5 Å². The second-order valence-electron chi connectivity index (χ2n) is 5.99. The number of carbonyl (C=O) groups is 2. The topological polar surface area (TPSA) is 83.6 Å². The van der Waals surface area contributed by atoms with E-state index in [1.807, 2.05) is 20.8 Å². The molecule has 3 N–H and O–H groups in total. The average molecular weight is 256 g/mol. The first-order valence-corrected chi connectivity index (χ1v) is 6.50. The van der Waals surface area contributed by atoms with Crippen molar-refractivity contribution in [1.82, 2.24) is 4.90 Å². The van der Waals surface area contributed by atoms with Gasteiger partial charge in [0.05, 0.1) is 5.41 Å². The highest BCUT2D eigenvalue weighted by atomic mass is 16.4. The van der Waals surface area contributed by atoms with Crippen LogP contribution in [0, 0.1) is 5.41 Å². The highest BCUT2D eigenvalue weighted by molar-refractivity contribution is 5.80.